The van der Waals surface area contributed by atoms with Crippen molar-refractivity contribution in [2.24, 2.45) is 0 Å². The second-order valence-electron chi connectivity index (χ2n) is 9.20. The summed E-state index contributed by atoms with van der Waals surface area (Å²) in [5.41, 5.74) is 7.79. The van der Waals surface area contributed by atoms with Gasteiger partial charge in [0.1, 0.15) is 0 Å². The Kier molecular flexibility index (Phi) is 8.71. The molecule has 4 heteroatoms. The molecule has 0 bridgehead atoms. The number of carbonyl (C=O) groups excluding carboxylic acids is 2. The van der Waals surface area contributed by atoms with Gasteiger partial charge in [0.05, 0.1) is 14.2 Å². The molecule has 1 aliphatic rings. The summed E-state index contributed by atoms with van der Waals surface area (Å²) in [5, 5.41) is 0. The van der Waals surface area contributed by atoms with Crippen molar-refractivity contribution in [1.82, 2.24) is 0 Å². The zero-order valence-corrected chi connectivity index (χ0v) is 20.7. The standard InChI is InChI=1S/C29H38O4/c1-5-7-17-29(18-8-6-2)25-13-9-21(11-15-27(30)32-3)19-23(25)24-20-22(10-14-26(24)29)12-16-28(31)33-4/h9-10,13-14,19-20H,5-8,11-12,15-18H2,1-4H3. The van der Waals surface area contributed by atoms with Crippen LogP contribution in [0.3, 0.4) is 0 Å². The van der Waals surface area contributed by atoms with Crippen molar-refractivity contribution in [3.8, 4) is 11.1 Å². The fourth-order valence-electron chi connectivity index (χ4n) is 5.24. The molecule has 2 aromatic carbocycles. The zero-order chi connectivity index (χ0) is 23.8. The van der Waals surface area contributed by atoms with Gasteiger partial charge in [-0.05, 0) is 59.1 Å². The summed E-state index contributed by atoms with van der Waals surface area (Å²) in [4.78, 5) is 23.4. The fraction of sp³-hybridized carbons (Fsp3) is 0.517. The van der Waals surface area contributed by atoms with E-state index in [-0.39, 0.29) is 17.4 Å². The minimum Gasteiger partial charge on any atom is -0.469 e. The first kappa shape index (κ1) is 25.0. The monoisotopic (exact) mass is 450 g/mol. The summed E-state index contributed by atoms with van der Waals surface area (Å²) in [7, 11) is 2.87. The fourth-order valence-corrected chi connectivity index (χ4v) is 5.24. The number of methoxy groups -OCH3 is 2. The van der Waals surface area contributed by atoms with Gasteiger partial charge in [0, 0.05) is 18.3 Å². The Labute approximate surface area is 198 Å². The second-order valence-corrected chi connectivity index (χ2v) is 9.20. The zero-order valence-electron chi connectivity index (χ0n) is 20.7. The number of aryl methyl sites for hydroxylation is 2. The van der Waals surface area contributed by atoms with Gasteiger partial charge in [-0.25, -0.2) is 0 Å². The molecule has 0 fully saturated rings. The van der Waals surface area contributed by atoms with Crippen LogP contribution in [0.15, 0.2) is 36.4 Å². The van der Waals surface area contributed by atoms with Gasteiger partial charge in [-0.1, -0.05) is 75.9 Å². The summed E-state index contributed by atoms with van der Waals surface area (Å²) < 4.78 is 9.67. The maximum absolute atomic E-state index is 11.7. The molecule has 3 rings (SSSR count). The molecule has 0 atom stereocenters. The molecule has 0 spiro atoms. The van der Waals surface area contributed by atoms with E-state index in [1.807, 2.05) is 0 Å². The first-order chi connectivity index (χ1) is 16.0. The number of fused-ring (bicyclic) bond motifs is 3. The van der Waals surface area contributed by atoms with Crippen molar-refractivity contribution in [2.75, 3.05) is 14.2 Å². The van der Waals surface area contributed by atoms with Crippen LogP contribution in [0.1, 0.15) is 87.5 Å². The SMILES string of the molecule is CCCCC1(CCCC)c2ccc(CCC(=O)OC)cc2-c2cc(CCC(=O)OC)ccc21. The molecule has 33 heavy (non-hydrogen) atoms. The number of esters is 2. The van der Waals surface area contributed by atoms with Crippen molar-refractivity contribution >= 4 is 11.9 Å². The van der Waals surface area contributed by atoms with Crippen LogP contribution in [0.4, 0.5) is 0 Å². The van der Waals surface area contributed by atoms with Gasteiger partial charge < -0.3 is 9.47 Å². The van der Waals surface area contributed by atoms with Crippen LogP contribution in [-0.2, 0) is 37.3 Å². The predicted octanol–water partition coefficient (Wildman–Crippen LogP) is 6.54. The lowest BCUT2D eigenvalue weighted by molar-refractivity contribution is -0.141. The quantitative estimate of drug-likeness (QED) is 0.344. The Balaban J connectivity index is 2.06. The maximum Gasteiger partial charge on any atom is 0.305 e. The number of benzene rings is 2. The van der Waals surface area contributed by atoms with Gasteiger partial charge >= 0.3 is 11.9 Å². The lowest BCUT2D eigenvalue weighted by Gasteiger charge is -2.32. The van der Waals surface area contributed by atoms with E-state index in [9.17, 15) is 9.59 Å². The minimum atomic E-state index is -0.179. The van der Waals surface area contributed by atoms with E-state index in [1.54, 1.807) is 0 Å². The third kappa shape index (κ3) is 5.48. The van der Waals surface area contributed by atoms with E-state index in [1.165, 1.54) is 62.2 Å². The lowest BCUT2D eigenvalue weighted by Crippen LogP contribution is -2.25. The Morgan fingerprint density at radius 3 is 1.52 bits per heavy atom. The second kappa shape index (κ2) is 11.5. The third-order valence-electron chi connectivity index (χ3n) is 7.09. The normalized spacial score (nSPS) is 13.3. The number of rotatable bonds is 12. The number of unbranched alkanes of at least 4 members (excludes halogenated alkanes) is 2. The summed E-state index contributed by atoms with van der Waals surface area (Å²) in [5.74, 6) is -0.359. The van der Waals surface area contributed by atoms with Crippen LogP contribution < -0.4 is 0 Å². The van der Waals surface area contributed by atoms with Crippen LogP contribution in [0, 0.1) is 0 Å². The highest BCUT2D eigenvalue weighted by Crippen LogP contribution is 2.54. The van der Waals surface area contributed by atoms with Gasteiger partial charge in [-0.3, -0.25) is 9.59 Å². The molecule has 0 saturated carbocycles. The summed E-state index contributed by atoms with van der Waals surface area (Å²) in [6.07, 6.45) is 9.14. The van der Waals surface area contributed by atoms with E-state index in [2.05, 4.69) is 50.2 Å². The van der Waals surface area contributed by atoms with Crippen molar-refractivity contribution in [2.45, 2.75) is 83.5 Å². The average molecular weight is 451 g/mol. The molecule has 0 amide bonds. The number of hydrogen-bond donors (Lipinski definition) is 0. The predicted molar refractivity (Wildman–Crippen MR) is 132 cm³/mol. The molecule has 0 aliphatic heterocycles. The minimum absolute atomic E-state index is 0.0401. The molecular weight excluding hydrogens is 412 g/mol. The molecule has 0 saturated heterocycles. The molecule has 0 N–H and O–H groups in total. The lowest BCUT2D eigenvalue weighted by atomic mass is 9.70. The Morgan fingerprint density at radius 1 is 0.727 bits per heavy atom. The first-order valence-corrected chi connectivity index (χ1v) is 12.4. The maximum atomic E-state index is 11.7. The molecule has 0 aromatic heterocycles. The van der Waals surface area contributed by atoms with Crippen LogP contribution in [-0.4, -0.2) is 26.2 Å². The highest BCUT2D eigenvalue weighted by atomic mass is 16.5. The Morgan fingerprint density at radius 2 is 1.15 bits per heavy atom. The topological polar surface area (TPSA) is 52.6 Å². The largest absolute Gasteiger partial charge is 0.469 e. The van der Waals surface area contributed by atoms with Crippen LogP contribution >= 0.6 is 0 Å². The van der Waals surface area contributed by atoms with Gasteiger partial charge in [-0.15, -0.1) is 0 Å². The van der Waals surface area contributed by atoms with Crippen molar-refractivity contribution in [1.29, 1.82) is 0 Å². The summed E-state index contributed by atoms with van der Waals surface area (Å²) in [6.45, 7) is 4.52. The molecule has 178 valence electrons. The molecule has 0 heterocycles. The van der Waals surface area contributed by atoms with Crippen LogP contribution in [0.5, 0.6) is 0 Å². The molecule has 2 aromatic rings. The number of hydrogen-bond acceptors (Lipinski definition) is 4. The number of ether oxygens (including phenoxy) is 2. The first-order valence-electron chi connectivity index (χ1n) is 12.4. The van der Waals surface area contributed by atoms with Gasteiger partial charge in [-0.2, -0.15) is 0 Å². The summed E-state index contributed by atoms with van der Waals surface area (Å²) in [6, 6.07) is 13.6. The average Bonchev–Trinajstić information content (AvgIpc) is 3.11. The van der Waals surface area contributed by atoms with E-state index in [4.69, 9.17) is 9.47 Å². The van der Waals surface area contributed by atoms with Gasteiger partial charge in [0.15, 0.2) is 0 Å². The molecule has 0 unspecified atom stereocenters. The van der Waals surface area contributed by atoms with Crippen molar-refractivity contribution in [3.63, 3.8) is 0 Å². The highest BCUT2D eigenvalue weighted by molar-refractivity contribution is 5.82. The Hall–Kier alpha value is -2.62. The highest BCUT2D eigenvalue weighted by Gasteiger charge is 2.42. The molecule has 1 aliphatic carbocycles. The molecule has 0 radical (unpaired) electrons. The summed E-state index contributed by atoms with van der Waals surface area (Å²) >= 11 is 0. The van der Waals surface area contributed by atoms with E-state index >= 15 is 0 Å². The smallest absolute Gasteiger partial charge is 0.305 e. The van der Waals surface area contributed by atoms with E-state index < -0.39 is 0 Å². The number of carbonyl (C=O) groups is 2. The van der Waals surface area contributed by atoms with E-state index in [0.29, 0.717) is 25.7 Å². The van der Waals surface area contributed by atoms with Gasteiger partial charge in [0.25, 0.3) is 0 Å². The Bertz CT molecular complexity index is 896. The third-order valence-corrected chi connectivity index (χ3v) is 7.09. The van der Waals surface area contributed by atoms with Crippen molar-refractivity contribution < 1.29 is 19.1 Å². The van der Waals surface area contributed by atoms with Gasteiger partial charge in [0.2, 0.25) is 0 Å². The molecule has 4 nitrogen and oxygen atoms in total. The van der Waals surface area contributed by atoms with Crippen LogP contribution in [0.25, 0.3) is 11.1 Å². The van der Waals surface area contributed by atoms with Crippen molar-refractivity contribution in [3.05, 3.63) is 58.7 Å². The van der Waals surface area contributed by atoms with Crippen LogP contribution in [0.2, 0.25) is 0 Å². The van der Waals surface area contributed by atoms with E-state index in [0.717, 1.165) is 24.0 Å². The molecular formula is C29H38O4.